The molecule has 8 heteroatoms. The highest BCUT2D eigenvalue weighted by atomic mass is 16.2. The number of rotatable bonds is 6. The molecule has 1 aromatic heterocycles. The minimum atomic E-state index is -0.184. The van der Waals surface area contributed by atoms with Gasteiger partial charge >= 0.3 is 6.03 Å². The molecule has 0 spiro atoms. The van der Waals surface area contributed by atoms with Crippen LogP contribution < -0.4 is 16.0 Å². The summed E-state index contributed by atoms with van der Waals surface area (Å²) in [5.41, 5.74) is 0.754. The Morgan fingerprint density at radius 1 is 1.15 bits per heavy atom. The van der Waals surface area contributed by atoms with E-state index < -0.39 is 0 Å². The van der Waals surface area contributed by atoms with E-state index in [0.717, 1.165) is 18.5 Å². The first-order valence-electron chi connectivity index (χ1n) is 9.11. The van der Waals surface area contributed by atoms with E-state index in [1.54, 1.807) is 23.5 Å². The second-order valence-corrected chi connectivity index (χ2v) is 6.39. The lowest BCUT2D eigenvalue weighted by Gasteiger charge is -2.32. The highest BCUT2D eigenvalue weighted by Gasteiger charge is 2.28. The van der Waals surface area contributed by atoms with Gasteiger partial charge in [-0.25, -0.2) is 9.78 Å². The molecule has 2 heterocycles. The van der Waals surface area contributed by atoms with Gasteiger partial charge in [-0.1, -0.05) is 18.2 Å². The van der Waals surface area contributed by atoms with Gasteiger partial charge in [-0.15, -0.1) is 0 Å². The van der Waals surface area contributed by atoms with Gasteiger partial charge in [-0.05, 0) is 25.0 Å². The number of aromatic nitrogens is 2. The smallest absolute Gasteiger partial charge is 0.321 e. The van der Waals surface area contributed by atoms with Gasteiger partial charge in [0.1, 0.15) is 5.82 Å². The number of amides is 3. The minimum Gasteiger partial charge on any atom is -0.367 e. The second-order valence-electron chi connectivity index (χ2n) is 6.39. The number of para-hydroxylation sites is 1. The van der Waals surface area contributed by atoms with Crippen molar-refractivity contribution in [1.29, 1.82) is 0 Å². The zero-order chi connectivity index (χ0) is 18.9. The Hall–Kier alpha value is -3.16. The molecule has 2 aromatic rings. The van der Waals surface area contributed by atoms with Crippen LogP contribution in [-0.2, 0) is 4.79 Å². The summed E-state index contributed by atoms with van der Waals surface area (Å²) >= 11 is 0. The predicted octanol–water partition coefficient (Wildman–Crippen LogP) is 1.95. The van der Waals surface area contributed by atoms with Crippen LogP contribution in [0.4, 0.5) is 16.3 Å². The summed E-state index contributed by atoms with van der Waals surface area (Å²) in [6.07, 6.45) is 6.45. The van der Waals surface area contributed by atoms with E-state index in [-0.39, 0.29) is 17.9 Å². The monoisotopic (exact) mass is 368 g/mol. The standard InChI is InChI=1S/C19H24N6O2/c26-18(23-11-10-22-17-13-20-8-9-21-17)15-5-4-12-25(14-15)19(27)24-16-6-2-1-3-7-16/h1-3,6-9,13,15H,4-5,10-12,14H2,(H,21,22)(H,23,26)(H,24,27)/t15-/m0/s1. The number of carbonyl (C=O) groups is 2. The van der Waals surface area contributed by atoms with Crippen LogP contribution in [0.2, 0.25) is 0 Å². The number of likely N-dealkylation sites (tertiary alicyclic amines) is 1. The zero-order valence-electron chi connectivity index (χ0n) is 15.1. The molecule has 1 saturated heterocycles. The van der Waals surface area contributed by atoms with Crippen LogP contribution in [0, 0.1) is 5.92 Å². The maximum Gasteiger partial charge on any atom is 0.321 e. The molecule has 3 rings (SSSR count). The van der Waals surface area contributed by atoms with Crippen LogP contribution >= 0.6 is 0 Å². The molecule has 3 amide bonds. The third-order valence-corrected chi connectivity index (χ3v) is 4.40. The Labute approximate surface area is 158 Å². The number of nitrogens with one attached hydrogen (secondary N) is 3. The van der Waals surface area contributed by atoms with Crippen molar-refractivity contribution in [1.82, 2.24) is 20.2 Å². The summed E-state index contributed by atoms with van der Waals surface area (Å²) in [4.78, 5) is 34.6. The molecule has 1 aromatic carbocycles. The van der Waals surface area contributed by atoms with Gasteiger partial charge in [0.15, 0.2) is 0 Å². The number of anilines is 2. The average Bonchev–Trinajstić information content (AvgIpc) is 2.72. The van der Waals surface area contributed by atoms with Crippen molar-refractivity contribution < 1.29 is 9.59 Å². The highest BCUT2D eigenvalue weighted by molar-refractivity contribution is 5.90. The first-order valence-corrected chi connectivity index (χ1v) is 9.11. The van der Waals surface area contributed by atoms with E-state index in [1.165, 1.54) is 0 Å². The van der Waals surface area contributed by atoms with Gasteiger partial charge in [-0.2, -0.15) is 0 Å². The molecule has 1 atom stereocenters. The van der Waals surface area contributed by atoms with E-state index in [1.807, 2.05) is 30.3 Å². The molecule has 0 aliphatic carbocycles. The van der Waals surface area contributed by atoms with Crippen LogP contribution in [0.5, 0.6) is 0 Å². The van der Waals surface area contributed by atoms with Crippen molar-refractivity contribution >= 4 is 23.4 Å². The average molecular weight is 368 g/mol. The van der Waals surface area contributed by atoms with Gasteiger partial charge in [-0.3, -0.25) is 9.78 Å². The van der Waals surface area contributed by atoms with Gasteiger partial charge in [0.05, 0.1) is 12.1 Å². The van der Waals surface area contributed by atoms with Crippen molar-refractivity contribution in [2.45, 2.75) is 12.8 Å². The fraction of sp³-hybridized carbons (Fsp3) is 0.368. The van der Waals surface area contributed by atoms with Crippen LogP contribution in [0.3, 0.4) is 0 Å². The quantitative estimate of drug-likeness (QED) is 0.677. The maximum atomic E-state index is 12.4. The third-order valence-electron chi connectivity index (χ3n) is 4.40. The summed E-state index contributed by atoms with van der Waals surface area (Å²) < 4.78 is 0. The highest BCUT2D eigenvalue weighted by Crippen LogP contribution is 2.18. The molecule has 8 nitrogen and oxygen atoms in total. The summed E-state index contributed by atoms with van der Waals surface area (Å²) in [6, 6.07) is 9.17. The lowest BCUT2D eigenvalue weighted by atomic mass is 9.97. The fourth-order valence-corrected chi connectivity index (χ4v) is 3.01. The lowest BCUT2D eigenvalue weighted by molar-refractivity contribution is -0.126. The van der Waals surface area contributed by atoms with Gasteiger partial charge < -0.3 is 20.9 Å². The van der Waals surface area contributed by atoms with Gasteiger partial charge in [0.25, 0.3) is 0 Å². The number of hydrogen-bond donors (Lipinski definition) is 3. The summed E-state index contributed by atoms with van der Waals surface area (Å²) in [7, 11) is 0. The number of benzene rings is 1. The van der Waals surface area contributed by atoms with Crippen molar-refractivity contribution in [3.05, 3.63) is 48.9 Å². The van der Waals surface area contributed by atoms with E-state index in [4.69, 9.17) is 0 Å². The maximum absolute atomic E-state index is 12.4. The van der Waals surface area contributed by atoms with Crippen LogP contribution in [0.1, 0.15) is 12.8 Å². The normalized spacial score (nSPS) is 16.4. The molecule has 142 valence electrons. The topological polar surface area (TPSA) is 99.2 Å². The first kappa shape index (κ1) is 18.6. The van der Waals surface area contributed by atoms with Crippen molar-refractivity contribution in [2.75, 3.05) is 36.8 Å². The van der Waals surface area contributed by atoms with E-state index in [0.29, 0.717) is 32.0 Å². The van der Waals surface area contributed by atoms with Crippen molar-refractivity contribution in [2.24, 2.45) is 5.92 Å². The second kappa shape index (κ2) is 9.51. The molecule has 0 radical (unpaired) electrons. The Kier molecular flexibility index (Phi) is 6.56. The Morgan fingerprint density at radius 2 is 2.00 bits per heavy atom. The lowest BCUT2D eigenvalue weighted by Crippen LogP contribution is -2.47. The summed E-state index contributed by atoms with van der Waals surface area (Å²) in [5, 5.41) is 8.89. The molecule has 1 fully saturated rings. The molecular formula is C19H24N6O2. The summed E-state index contributed by atoms with van der Waals surface area (Å²) in [5.74, 6) is 0.470. The number of carbonyl (C=O) groups excluding carboxylic acids is 2. The predicted molar refractivity (Wildman–Crippen MR) is 103 cm³/mol. The molecule has 1 aliphatic rings. The fourth-order valence-electron chi connectivity index (χ4n) is 3.01. The van der Waals surface area contributed by atoms with Crippen LogP contribution in [-0.4, -0.2) is 53.0 Å². The van der Waals surface area contributed by atoms with E-state index >= 15 is 0 Å². The van der Waals surface area contributed by atoms with Crippen LogP contribution in [0.25, 0.3) is 0 Å². The van der Waals surface area contributed by atoms with E-state index in [9.17, 15) is 9.59 Å². The van der Waals surface area contributed by atoms with Crippen molar-refractivity contribution in [3.63, 3.8) is 0 Å². The SMILES string of the molecule is O=C(NCCNc1cnccn1)[C@H]1CCCN(C(=O)Nc2ccccc2)C1. The number of urea groups is 1. The molecule has 0 saturated carbocycles. The molecule has 0 unspecified atom stereocenters. The number of nitrogens with zero attached hydrogens (tertiary/aromatic N) is 3. The Balaban J connectivity index is 1.41. The molecule has 1 aliphatic heterocycles. The third kappa shape index (κ3) is 5.67. The molecular weight excluding hydrogens is 344 g/mol. The molecule has 27 heavy (non-hydrogen) atoms. The minimum absolute atomic E-state index is 0.0202. The Morgan fingerprint density at radius 3 is 2.78 bits per heavy atom. The molecule has 0 bridgehead atoms. The Bertz CT molecular complexity index is 740. The first-order chi connectivity index (χ1) is 13.2. The van der Waals surface area contributed by atoms with Crippen LogP contribution in [0.15, 0.2) is 48.9 Å². The number of hydrogen-bond acceptors (Lipinski definition) is 5. The molecule has 3 N–H and O–H groups in total. The number of piperidine rings is 1. The van der Waals surface area contributed by atoms with Gasteiger partial charge in [0.2, 0.25) is 5.91 Å². The van der Waals surface area contributed by atoms with Crippen molar-refractivity contribution in [3.8, 4) is 0 Å². The summed E-state index contributed by atoms with van der Waals surface area (Å²) in [6.45, 7) is 2.15. The van der Waals surface area contributed by atoms with E-state index in [2.05, 4.69) is 25.9 Å². The largest absolute Gasteiger partial charge is 0.367 e. The zero-order valence-corrected chi connectivity index (χ0v) is 15.1. The van der Waals surface area contributed by atoms with Gasteiger partial charge in [0, 0.05) is 44.3 Å².